The molecular weight excluding hydrogens is 214 g/mol. The summed E-state index contributed by atoms with van der Waals surface area (Å²) in [7, 11) is -3.49. The molecule has 0 aliphatic rings. The van der Waals surface area contributed by atoms with Crippen LogP contribution in [-0.4, -0.2) is 19.7 Å². The van der Waals surface area contributed by atoms with Crippen LogP contribution in [0.3, 0.4) is 0 Å². The van der Waals surface area contributed by atoms with Crippen LogP contribution in [-0.2, 0) is 10.1 Å². The number of rotatable bonds is 2. The molecule has 4 nitrogen and oxygen atoms in total. The van der Waals surface area contributed by atoms with Crippen LogP contribution in [0.2, 0.25) is 0 Å². The van der Waals surface area contributed by atoms with Crippen molar-refractivity contribution in [1.29, 1.82) is 0 Å². The fourth-order valence-corrected chi connectivity index (χ4v) is 1.80. The van der Waals surface area contributed by atoms with Crippen molar-refractivity contribution in [2.45, 2.75) is 0 Å². The van der Waals surface area contributed by atoms with E-state index in [9.17, 15) is 8.42 Å². The van der Waals surface area contributed by atoms with Gasteiger partial charge in [0, 0.05) is 23.2 Å². The molecule has 0 bridgehead atoms. The summed E-state index contributed by atoms with van der Waals surface area (Å²) in [5.74, 6) is 0.331. The maximum absolute atomic E-state index is 11.0. The van der Waals surface area contributed by atoms with Crippen molar-refractivity contribution in [3.8, 4) is 5.75 Å². The quantitative estimate of drug-likeness (QED) is 0.725. The second-order valence-corrected chi connectivity index (χ2v) is 4.72. The Balaban J connectivity index is 2.61. The molecule has 1 aromatic carbocycles. The van der Waals surface area contributed by atoms with Gasteiger partial charge in [-0.25, -0.2) is 0 Å². The van der Waals surface area contributed by atoms with Gasteiger partial charge in [-0.05, 0) is 12.1 Å². The van der Waals surface area contributed by atoms with E-state index in [0.29, 0.717) is 5.75 Å². The summed E-state index contributed by atoms with van der Waals surface area (Å²) >= 11 is 0. The number of pyridine rings is 1. The molecule has 0 aliphatic heterocycles. The molecule has 0 atom stereocenters. The van der Waals surface area contributed by atoms with E-state index >= 15 is 0 Å². The molecule has 78 valence electrons. The van der Waals surface area contributed by atoms with Crippen molar-refractivity contribution < 1.29 is 12.6 Å². The zero-order valence-electron chi connectivity index (χ0n) is 8.04. The van der Waals surface area contributed by atoms with Crippen LogP contribution in [0.5, 0.6) is 5.75 Å². The lowest BCUT2D eigenvalue weighted by Crippen LogP contribution is -2.05. The van der Waals surface area contributed by atoms with Crippen LogP contribution in [0.1, 0.15) is 0 Å². The molecule has 0 fully saturated rings. The molecule has 1 heterocycles. The van der Waals surface area contributed by atoms with E-state index in [1.54, 1.807) is 30.6 Å². The van der Waals surface area contributed by atoms with E-state index in [4.69, 9.17) is 4.18 Å². The molecule has 5 heteroatoms. The van der Waals surface area contributed by atoms with Crippen LogP contribution in [0.25, 0.3) is 10.8 Å². The Morgan fingerprint density at radius 3 is 2.80 bits per heavy atom. The summed E-state index contributed by atoms with van der Waals surface area (Å²) in [4.78, 5) is 3.95. The zero-order chi connectivity index (χ0) is 10.9. The Labute approximate surface area is 87.6 Å². The smallest absolute Gasteiger partial charge is 0.306 e. The lowest BCUT2D eigenvalue weighted by atomic mass is 10.2. The predicted molar refractivity (Wildman–Crippen MR) is 57.2 cm³/mol. The molecule has 0 saturated heterocycles. The fourth-order valence-electron chi connectivity index (χ4n) is 1.33. The molecule has 0 N–H and O–H groups in total. The Morgan fingerprint density at radius 2 is 2.07 bits per heavy atom. The van der Waals surface area contributed by atoms with Gasteiger partial charge in [0.1, 0.15) is 0 Å². The normalized spacial score (nSPS) is 11.5. The standard InChI is InChI=1S/C10H9NO3S/c1-15(12,13)14-10-4-2-3-8-7-11-6-5-9(8)10/h2-7H,1H3. The molecule has 2 aromatic rings. The van der Waals surface area contributed by atoms with Gasteiger partial charge in [0.25, 0.3) is 0 Å². The van der Waals surface area contributed by atoms with E-state index < -0.39 is 10.1 Å². The maximum Gasteiger partial charge on any atom is 0.306 e. The molecule has 2 rings (SSSR count). The molecule has 0 saturated carbocycles. The second kappa shape index (κ2) is 3.51. The first-order valence-electron chi connectivity index (χ1n) is 4.28. The third-order valence-electron chi connectivity index (χ3n) is 1.88. The average molecular weight is 223 g/mol. The number of fused-ring (bicyclic) bond motifs is 1. The summed E-state index contributed by atoms with van der Waals surface area (Å²) in [6.07, 6.45) is 4.27. The SMILES string of the molecule is CS(=O)(=O)Oc1cccc2cnccc12. The van der Waals surface area contributed by atoms with Gasteiger partial charge in [-0.15, -0.1) is 0 Å². The number of nitrogens with zero attached hydrogens (tertiary/aromatic N) is 1. The zero-order valence-corrected chi connectivity index (χ0v) is 8.86. The lowest BCUT2D eigenvalue weighted by molar-refractivity contribution is 0.495. The number of hydrogen-bond donors (Lipinski definition) is 0. The summed E-state index contributed by atoms with van der Waals surface area (Å²) in [5, 5.41) is 1.58. The van der Waals surface area contributed by atoms with E-state index in [1.165, 1.54) is 0 Å². The van der Waals surface area contributed by atoms with Crippen molar-refractivity contribution in [3.63, 3.8) is 0 Å². The van der Waals surface area contributed by atoms with E-state index in [2.05, 4.69) is 4.98 Å². The monoisotopic (exact) mass is 223 g/mol. The molecular formula is C10H9NO3S. The molecule has 15 heavy (non-hydrogen) atoms. The van der Waals surface area contributed by atoms with Gasteiger partial charge >= 0.3 is 10.1 Å². The molecule has 0 spiro atoms. The fraction of sp³-hybridized carbons (Fsp3) is 0.100. The molecule has 0 radical (unpaired) electrons. The maximum atomic E-state index is 11.0. The highest BCUT2D eigenvalue weighted by Gasteiger charge is 2.07. The average Bonchev–Trinajstić information content (AvgIpc) is 2.16. The minimum absolute atomic E-state index is 0.331. The molecule has 0 unspecified atom stereocenters. The topological polar surface area (TPSA) is 56.3 Å². The number of hydrogen-bond acceptors (Lipinski definition) is 4. The predicted octanol–water partition coefficient (Wildman–Crippen LogP) is 1.57. The van der Waals surface area contributed by atoms with E-state index in [1.807, 2.05) is 6.07 Å². The first-order chi connectivity index (χ1) is 7.06. The largest absolute Gasteiger partial charge is 0.382 e. The van der Waals surface area contributed by atoms with Crippen molar-refractivity contribution >= 4 is 20.9 Å². The van der Waals surface area contributed by atoms with Crippen molar-refractivity contribution in [3.05, 3.63) is 36.7 Å². The lowest BCUT2D eigenvalue weighted by Gasteiger charge is -2.05. The van der Waals surface area contributed by atoms with Crippen LogP contribution in [0, 0.1) is 0 Å². The summed E-state index contributed by atoms with van der Waals surface area (Å²) in [6.45, 7) is 0. The van der Waals surface area contributed by atoms with E-state index in [-0.39, 0.29) is 0 Å². The van der Waals surface area contributed by atoms with Gasteiger partial charge in [-0.2, -0.15) is 8.42 Å². The number of aromatic nitrogens is 1. The molecule has 1 aromatic heterocycles. The Kier molecular flexibility index (Phi) is 2.32. The Morgan fingerprint density at radius 1 is 1.27 bits per heavy atom. The first-order valence-corrected chi connectivity index (χ1v) is 6.10. The third kappa shape index (κ3) is 2.24. The van der Waals surface area contributed by atoms with Crippen LogP contribution in [0.15, 0.2) is 36.7 Å². The molecule has 0 aliphatic carbocycles. The van der Waals surface area contributed by atoms with Gasteiger partial charge in [0.15, 0.2) is 5.75 Å². The van der Waals surface area contributed by atoms with Crippen LogP contribution >= 0.6 is 0 Å². The van der Waals surface area contributed by atoms with Gasteiger partial charge in [0.2, 0.25) is 0 Å². The van der Waals surface area contributed by atoms with Crippen LogP contribution in [0.4, 0.5) is 0 Å². The van der Waals surface area contributed by atoms with Crippen LogP contribution < -0.4 is 4.18 Å². The van der Waals surface area contributed by atoms with Gasteiger partial charge in [-0.3, -0.25) is 4.98 Å². The Bertz CT molecular complexity index is 587. The van der Waals surface area contributed by atoms with Crippen molar-refractivity contribution in [2.75, 3.05) is 6.26 Å². The molecule has 0 amide bonds. The number of benzene rings is 1. The highest BCUT2D eigenvalue weighted by molar-refractivity contribution is 7.86. The van der Waals surface area contributed by atoms with E-state index in [0.717, 1.165) is 17.0 Å². The van der Waals surface area contributed by atoms with Gasteiger partial charge in [0.05, 0.1) is 6.26 Å². The minimum Gasteiger partial charge on any atom is -0.382 e. The summed E-state index contributed by atoms with van der Waals surface area (Å²) in [6, 6.07) is 6.90. The van der Waals surface area contributed by atoms with Gasteiger partial charge in [-0.1, -0.05) is 12.1 Å². The summed E-state index contributed by atoms with van der Waals surface area (Å²) < 4.78 is 26.9. The Hall–Kier alpha value is -1.62. The van der Waals surface area contributed by atoms with Crippen molar-refractivity contribution in [2.24, 2.45) is 0 Å². The second-order valence-electron chi connectivity index (χ2n) is 3.14. The van der Waals surface area contributed by atoms with Crippen molar-refractivity contribution in [1.82, 2.24) is 4.98 Å². The summed E-state index contributed by atoms with van der Waals surface area (Å²) in [5.41, 5.74) is 0. The van der Waals surface area contributed by atoms with Gasteiger partial charge < -0.3 is 4.18 Å². The minimum atomic E-state index is -3.49. The first kappa shape index (κ1) is 9.92. The third-order valence-corrected chi connectivity index (χ3v) is 2.36. The highest BCUT2D eigenvalue weighted by atomic mass is 32.2. The highest BCUT2D eigenvalue weighted by Crippen LogP contribution is 2.25.